The maximum atomic E-state index is 13.6. The molecule has 2 aromatic carbocycles. The molecule has 0 aliphatic carbocycles. The highest BCUT2D eigenvalue weighted by atomic mass is 16.2. The van der Waals surface area contributed by atoms with Gasteiger partial charge < -0.3 is 25.0 Å². The number of amides is 2. The van der Waals surface area contributed by atoms with Crippen LogP contribution in [0.2, 0.25) is 0 Å². The van der Waals surface area contributed by atoms with Crippen LogP contribution in [0.1, 0.15) is 34.4 Å². The molecule has 4 aromatic rings. The molecule has 1 fully saturated rings. The van der Waals surface area contributed by atoms with Gasteiger partial charge in [-0.05, 0) is 74.4 Å². The zero-order valence-corrected chi connectivity index (χ0v) is 25.2. The minimum absolute atomic E-state index is 0.151. The first-order valence-corrected chi connectivity index (χ1v) is 14.6. The Morgan fingerprint density at radius 1 is 0.837 bits per heavy atom. The maximum Gasteiger partial charge on any atom is 0.298 e. The lowest BCUT2D eigenvalue weighted by Crippen LogP contribution is -2.46. The van der Waals surface area contributed by atoms with Crippen molar-refractivity contribution in [2.45, 2.75) is 34.2 Å². The lowest BCUT2D eigenvalue weighted by Gasteiger charge is -2.37. The van der Waals surface area contributed by atoms with E-state index in [2.05, 4.69) is 39.5 Å². The average Bonchev–Trinajstić information content (AvgIpc) is 3.32. The highest BCUT2D eigenvalue weighted by molar-refractivity contribution is 6.47. The third-order valence-corrected chi connectivity index (χ3v) is 7.70. The molecule has 0 unspecified atom stereocenters. The monoisotopic (exact) mass is 578 g/mol. The Hall–Kier alpha value is -4.92. The molecule has 2 amide bonds. The number of piperazine rings is 1. The van der Waals surface area contributed by atoms with Gasteiger partial charge in [-0.25, -0.2) is 4.98 Å². The summed E-state index contributed by atoms with van der Waals surface area (Å²) in [6.45, 7) is 11.6. The van der Waals surface area contributed by atoms with Crippen molar-refractivity contribution in [3.63, 3.8) is 0 Å². The minimum Gasteiger partial charge on any atom is -0.368 e. The highest BCUT2D eigenvalue weighted by Gasteiger charge is 2.26. The van der Waals surface area contributed by atoms with E-state index in [0.29, 0.717) is 30.0 Å². The lowest BCUT2D eigenvalue weighted by molar-refractivity contribution is -0.119. The van der Waals surface area contributed by atoms with Crippen LogP contribution in [-0.4, -0.2) is 59.9 Å². The number of Topliss-reactive ketones (excluding diaryl/α,β-unsaturated/α-hetero) is 1. The molecule has 9 nitrogen and oxygen atoms in total. The number of anilines is 3. The molecule has 1 aliphatic rings. The molecule has 1 saturated heterocycles. The standard InChI is InChI=1S/C34H38N6O3/c1-23-20-24(2)36-31(21-23)39-18-16-38(17-19-39)29-12-10-28(11-13-29)37-34(43)33(42)32-30(27-8-6-5-7-9-27)22-25(3)40(32)15-14-35-26(4)41/h5-13,20-22H,14-19H2,1-4H3,(H,35,41)(H,37,43). The second-order valence-corrected chi connectivity index (χ2v) is 11.0. The summed E-state index contributed by atoms with van der Waals surface area (Å²) in [5.74, 6) is -0.470. The Labute approximate surface area is 252 Å². The Bertz CT molecular complexity index is 1600. The summed E-state index contributed by atoms with van der Waals surface area (Å²) in [6, 6.07) is 23.3. The number of benzene rings is 2. The molecule has 0 radical (unpaired) electrons. The average molecular weight is 579 g/mol. The van der Waals surface area contributed by atoms with Crippen molar-refractivity contribution in [1.82, 2.24) is 14.9 Å². The van der Waals surface area contributed by atoms with E-state index < -0.39 is 11.7 Å². The molecule has 43 heavy (non-hydrogen) atoms. The molecule has 0 bridgehead atoms. The summed E-state index contributed by atoms with van der Waals surface area (Å²) in [5.41, 5.74) is 6.52. The van der Waals surface area contributed by atoms with Gasteiger partial charge in [0.1, 0.15) is 11.5 Å². The second-order valence-electron chi connectivity index (χ2n) is 11.0. The van der Waals surface area contributed by atoms with Crippen molar-refractivity contribution in [1.29, 1.82) is 0 Å². The number of hydrogen-bond acceptors (Lipinski definition) is 6. The van der Waals surface area contributed by atoms with Gasteiger partial charge in [0.15, 0.2) is 0 Å². The van der Waals surface area contributed by atoms with Crippen LogP contribution in [0.15, 0.2) is 72.8 Å². The molecule has 0 atom stereocenters. The van der Waals surface area contributed by atoms with Gasteiger partial charge in [0.05, 0.1) is 0 Å². The largest absolute Gasteiger partial charge is 0.368 e. The van der Waals surface area contributed by atoms with Crippen LogP contribution in [0.25, 0.3) is 11.1 Å². The molecule has 0 spiro atoms. The lowest BCUT2D eigenvalue weighted by atomic mass is 10.0. The second kappa shape index (κ2) is 12.9. The highest BCUT2D eigenvalue weighted by Crippen LogP contribution is 2.29. The summed E-state index contributed by atoms with van der Waals surface area (Å²) in [7, 11) is 0. The van der Waals surface area contributed by atoms with E-state index >= 15 is 0 Å². The van der Waals surface area contributed by atoms with Crippen molar-refractivity contribution < 1.29 is 14.4 Å². The van der Waals surface area contributed by atoms with Crippen LogP contribution in [-0.2, 0) is 16.1 Å². The Morgan fingerprint density at radius 2 is 1.51 bits per heavy atom. The summed E-state index contributed by atoms with van der Waals surface area (Å²) < 4.78 is 1.80. The van der Waals surface area contributed by atoms with E-state index in [4.69, 9.17) is 4.98 Å². The Balaban J connectivity index is 1.27. The molecule has 5 rings (SSSR count). The SMILES string of the molecule is CC(=O)NCCn1c(C)cc(-c2ccccc2)c1C(=O)C(=O)Nc1ccc(N2CCN(c3cc(C)cc(C)n3)CC2)cc1. The topological polar surface area (TPSA) is 99.6 Å². The van der Waals surface area contributed by atoms with Crippen molar-refractivity contribution in [3.8, 4) is 11.1 Å². The number of nitrogens with zero attached hydrogens (tertiary/aromatic N) is 4. The predicted molar refractivity (Wildman–Crippen MR) is 171 cm³/mol. The summed E-state index contributed by atoms with van der Waals surface area (Å²) in [5, 5.41) is 5.56. The number of nitrogens with one attached hydrogen (secondary N) is 2. The summed E-state index contributed by atoms with van der Waals surface area (Å²) in [6.07, 6.45) is 0. The van der Waals surface area contributed by atoms with Gasteiger partial charge in [0.2, 0.25) is 5.91 Å². The number of aryl methyl sites for hydroxylation is 3. The van der Waals surface area contributed by atoms with Crippen LogP contribution in [0, 0.1) is 20.8 Å². The van der Waals surface area contributed by atoms with E-state index in [-0.39, 0.29) is 5.91 Å². The predicted octanol–water partition coefficient (Wildman–Crippen LogP) is 4.76. The molecule has 222 valence electrons. The number of ketones is 1. The van der Waals surface area contributed by atoms with Gasteiger partial charge in [0.25, 0.3) is 11.7 Å². The fraction of sp³-hybridized carbons (Fsp3) is 0.294. The zero-order chi connectivity index (χ0) is 30.5. The summed E-state index contributed by atoms with van der Waals surface area (Å²) in [4.78, 5) is 47.7. The van der Waals surface area contributed by atoms with Gasteiger partial charge in [-0.15, -0.1) is 0 Å². The van der Waals surface area contributed by atoms with Crippen molar-refractivity contribution in [3.05, 3.63) is 95.4 Å². The number of aromatic nitrogens is 2. The quantitative estimate of drug-likeness (QED) is 0.220. The maximum absolute atomic E-state index is 13.6. The Kier molecular flexibility index (Phi) is 8.90. The first kappa shape index (κ1) is 29.6. The third-order valence-electron chi connectivity index (χ3n) is 7.70. The van der Waals surface area contributed by atoms with Crippen LogP contribution < -0.4 is 20.4 Å². The van der Waals surface area contributed by atoms with Crippen LogP contribution >= 0.6 is 0 Å². The number of rotatable bonds is 9. The zero-order valence-electron chi connectivity index (χ0n) is 25.2. The molecule has 2 aromatic heterocycles. The fourth-order valence-corrected chi connectivity index (χ4v) is 5.62. The molecule has 9 heteroatoms. The van der Waals surface area contributed by atoms with Gasteiger partial charge in [-0.2, -0.15) is 0 Å². The van der Waals surface area contributed by atoms with Crippen LogP contribution in [0.5, 0.6) is 0 Å². The van der Waals surface area contributed by atoms with Crippen molar-refractivity contribution in [2.75, 3.05) is 47.8 Å². The van der Waals surface area contributed by atoms with E-state index in [9.17, 15) is 14.4 Å². The molecular formula is C34H38N6O3. The van der Waals surface area contributed by atoms with E-state index in [1.165, 1.54) is 12.5 Å². The first-order chi connectivity index (χ1) is 20.7. The van der Waals surface area contributed by atoms with Crippen LogP contribution in [0.3, 0.4) is 0 Å². The van der Waals surface area contributed by atoms with Gasteiger partial charge in [0, 0.05) is 74.5 Å². The fourth-order valence-electron chi connectivity index (χ4n) is 5.62. The van der Waals surface area contributed by atoms with E-state index in [1.54, 1.807) is 4.57 Å². The van der Waals surface area contributed by atoms with Gasteiger partial charge in [-0.3, -0.25) is 14.4 Å². The molecule has 1 aliphatic heterocycles. The number of hydrogen-bond donors (Lipinski definition) is 2. The molecule has 3 heterocycles. The normalized spacial score (nSPS) is 13.1. The van der Waals surface area contributed by atoms with E-state index in [1.807, 2.05) is 74.5 Å². The van der Waals surface area contributed by atoms with E-state index in [0.717, 1.165) is 54.6 Å². The minimum atomic E-state index is -0.710. The molecule has 0 saturated carbocycles. The molecular weight excluding hydrogens is 540 g/mol. The third kappa shape index (κ3) is 6.94. The number of pyridine rings is 1. The molecule has 2 N–H and O–H groups in total. The summed E-state index contributed by atoms with van der Waals surface area (Å²) >= 11 is 0. The van der Waals surface area contributed by atoms with Crippen LogP contribution in [0.4, 0.5) is 17.2 Å². The van der Waals surface area contributed by atoms with Gasteiger partial charge >= 0.3 is 0 Å². The number of carbonyl (C=O) groups is 3. The number of carbonyl (C=O) groups excluding carboxylic acids is 3. The van der Waals surface area contributed by atoms with Crippen molar-refractivity contribution in [2.24, 2.45) is 0 Å². The first-order valence-electron chi connectivity index (χ1n) is 14.6. The van der Waals surface area contributed by atoms with Gasteiger partial charge in [-0.1, -0.05) is 30.3 Å². The Morgan fingerprint density at radius 3 is 2.16 bits per heavy atom. The van der Waals surface area contributed by atoms with Crippen molar-refractivity contribution >= 4 is 34.8 Å². The smallest absolute Gasteiger partial charge is 0.298 e.